The van der Waals surface area contributed by atoms with E-state index >= 15 is 0 Å². The fourth-order valence-electron chi connectivity index (χ4n) is 2.96. The Hall–Kier alpha value is -0.900. The van der Waals surface area contributed by atoms with Gasteiger partial charge in [0.15, 0.2) is 0 Å². The minimum Gasteiger partial charge on any atom is -0.381 e. The molecule has 2 atom stereocenters. The zero-order valence-electron chi connectivity index (χ0n) is 11.4. The molecule has 1 aromatic carbocycles. The molecule has 0 amide bonds. The van der Waals surface area contributed by atoms with E-state index in [1.54, 1.807) is 6.07 Å². The largest absolute Gasteiger partial charge is 0.381 e. The van der Waals surface area contributed by atoms with Gasteiger partial charge < -0.3 is 10.2 Å². The van der Waals surface area contributed by atoms with Gasteiger partial charge in [0.25, 0.3) is 0 Å². The molecule has 4 heteroatoms. The molecule has 0 aliphatic carbocycles. The van der Waals surface area contributed by atoms with Crippen molar-refractivity contribution < 1.29 is 4.39 Å². The Morgan fingerprint density at radius 2 is 2.11 bits per heavy atom. The third kappa shape index (κ3) is 2.99. The minimum absolute atomic E-state index is 0.0920. The van der Waals surface area contributed by atoms with Crippen LogP contribution in [0.1, 0.15) is 26.2 Å². The minimum atomic E-state index is -0.0920. The smallest absolute Gasteiger partial charge is 0.148 e. The van der Waals surface area contributed by atoms with Crippen molar-refractivity contribution in [1.29, 1.82) is 0 Å². The summed E-state index contributed by atoms with van der Waals surface area (Å²) in [5.41, 5.74) is 1.68. The molecule has 19 heavy (non-hydrogen) atoms. The van der Waals surface area contributed by atoms with Crippen molar-refractivity contribution in [3.8, 4) is 0 Å². The molecule has 3 rings (SSSR count). The van der Waals surface area contributed by atoms with Gasteiger partial charge in [0.05, 0.1) is 5.69 Å². The second kappa shape index (κ2) is 5.61. The molecular formula is C15H21FN2S. The van der Waals surface area contributed by atoms with Gasteiger partial charge in [-0.2, -0.15) is 11.8 Å². The molecule has 104 valence electrons. The number of nitrogens with zero attached hydrogens (tertiary/aromatic N) is 1. The normalized spacial score (nSPS) is 26.9. The number of nitrogens with one attached hydrogen (secondary N) is 1. The molecule has 2 unspecified atom stereocenters. The molecule has 1 N–H and O–H groups in total. The lowest BCUT2D eigenvalue weighted by Gasteiger charge is -2.20. The van der Waals surface area contributed by atoms with Crippen molar-refractivity contribution in [1.82, 2.24) is 0 Å². The Morgan fingerprint density at radius 1 is 1.32 bits per heavy atom. The van der Waals surface area contributed by atoms with E-state index < -0.39 is 0 Å². The number of rotatable bonds is 3. The van der Waals surface area contributed by atoms with Gasteiger partial charge >= 0.3 is 0 Å². The van der Waals surface area contributed by atoms with Crippen LogP contribution in [0.3, 0.4) is 0 Å². The number of halogens is 1. The van der Waals surface area contributed by atoms with Crippen LogP contribution in [0, 0.1) is 5.82 Å². The SMILES string of the molecule is CC1CC(Nc2ccc(N3CCCC3)c(F)c2)CS1. The lowest BCUT2D eigenvalue weighted by atomic mass is 10.1. The summed E-state index contributed by atoms with van der Waals surface area (Å²) >= 11 is 1.99. The first-order valence-corrected chi connectivity index (χ1v) is 8.20. The van der Waals surface area contributed by atoms with Crippen LogP contribution in [-0.4, -0.2) is 30.1 Å². The molecule has 2 saturated heterocycles. The molecule has 2 aliphatic heterocycles. The highest BCUT2D eigenvalue weighted by atomic mass is 32.2. The molecular weight excluding hydrogens is 259 g/mol. The van der Waals surface area contributed by atoms with Crippen LogP contribution in [0.5, 0.6) is 0 Å². The summed E-state index contributed by atoms with van der Waals surface area (Å²) < 4.78 is 14.2. The van der Waals surface area contributed by atoms with Gasteiger partial charge in [-0.25, -0.2) is 4.39 Å². The molecule has 0 bridgehead atoms. The van der Waals surface area contributed by atoms with Crippen LogP contribution < -0.4 is 10.2 Å². The highest BCUT2D eigenvalue weighted by Crippen LogP contribution is 2.30. The topological polar surface area (TPSA) is 15.3 Å². The first-order valence-electron chi connectivity index (χ1n) is 7.15. The van der Waals surface area contributed by atoms with E-state index in [-0.39, 0.29) is 5.82 Å². The van der Waals surface area contributed by atoms with Crippen LogP contribution in [-0.2, 0) is 0 Å². The van der Waals surface area contributed by atoms with Crippen LogP contribution >= 0.6 is 11.8 Å². The van der Waals surface area contributed by atoms with E-state index in [2.05, 4.69) is 17.1 Å². The Morgan fingerprint density at radius 3 is 2.74 bits per heavy atom. The Bertz CT molecular complexity index is 446. The zero-order chi connectivity index (χ0) is 13.2. The van der Waals surface area contributed by atoms with E-state index in [9.17, 15) is 4.39 Å². The maximum Gasteiger partial charge on any atom is 0.148 e. The number of thioether (sulfide) groups is 1. The summed E-state index contributed by atoms with van der Waals surface area (Å²) in [5, 5.41) is 4.16. The van der Waals surface area contributed by atoms with E-state index in [4.69, 9.17) is 0 Å². The summed E-state index contributed by atoms with van der Waals surface area (Å²) in [6.45, 7) is 4.23. The number of hydrogen-bond acceptors (Lipinski definition) is 3. The lowest BCUT2D eigenvalue weighted by Crippen LogP contribution is -2.21. The maximum atomic E-state index is 14.2. The quantitative estimate of drug-likeness (QED) is 0.908. The van der Waals surface area contributed by atoms with Gasteiger partial charge in [0.2, 0.25) is 0 Å². The summed E-state index contributed by atoms with van der Waals surface area (Å²) in [7, 11) is 0. The maximum absolute atomic E-state index is 14.2. The molecule has 0 radical (unpaired) electrons. The van der Waals surface area contributed by atoms with E-state index in [0.29, 0.717) is 11.3 Å². The van der Waals surface area contributed by atoms with Crippen molar-refractivity contribution in [3.63, 3.8) is 0 Å². The van der Waals surface area contributed by atoms with Gasteiger partial charge in [0, 0.05) is 35.8 Å². The third-order valence-electron chi connectivity index (χ3n) is 3.96. The van der Waals surface area contributed by atoms with Crippen molar-refractivity contribution >= 4 is 23.1 Å². The van der Waals surface area contributed by atoms with E-state index in [1.165, 1.54) is 19.3 Å². The van der Waals surface area contributed by atoms with Crippen molar-refractivity contribution in [3.05, 3.63) is 24.0 Å². The molecule has 0 spiro atoms. The number of anilines is 2. The van der Waals surface area contributed by atoms with Crippen LogP contribution in [0.25, 0.3) is 0 Å². The van der Waals surface area contributed by atoms with E-state index in [0.717, 1.165) is 30.2 Å². The first kappa shape index (κ1) is 13.1. The lowest BCUT2D eigenvalue weighted by molar-refractivity contribution is 0.623. The average Bonchev–Trinajstić information content (AvgIpc) is 3.01. The monoisotopic (exact) mass is 280 g/mol. The molecule has 1 aromatic rings. The second-order valence-electron chi connectivity index (χ2n) is 5.58. The summed E-state index contributed by atoms with van der Waals surface area (Å²) in [6, 6.07) is 6.08. The molecule has 2 heterocycles. The van der Waals surface area contributed by atoms with Crippen molar-refractivity contribution in [2.45, 2.75) is 37.5 Å². The number of hydrogen-bond donors (Lipinski definition) is 1. The Balaban J connectivity index is 1.68. The van der Waals surface area contributed by atoms with Gasteiger partial charge in [-0.05, 0) is 37.5 Å². The fourth-order valence-corrected chi connectivity index (χ4v) is 4.11. The van der Waals surface area contributed by atoms with E-state index in [1.807, 2.05) is 23.9 Å². The van der Waals surface area contributed by atoms with Crippen LogP contribution in [0.2, 0.25) is 0 Å². The van der Waals surface area contributed by atoms with Gasteiger partial charge in [-0.3, -0.25) is 0 Å². The Labute approximate surface area is 118 Å². The van der Waals surface area contributed by atoms with Crippen LogP contribution in [0.15, 0.2) is 18.2 Å². The van der Waals surface area contributed by atoms with Crippen molar-refractivity contribution in [2.75, 3.05) is 29.1 Å². The fraction of sp³-hybridized carbons (Fsp3) is 0.600. The molecule has 2 aliphatic rings. The highest BCUT2D eigenvalue weighted by molar-refractivity contribution is 8.00. The highest BCUT2D eigenvalue weighted by Gasteiger charge is 2.22. The van der Waals surface area contributed by atoms with Gasteiger partial charge in [-0.15, -0.1) is 0 Å². The van der Waals surface area contributed by atoms with Gasteiger partial charge in [0.1, 0.15) is 5.82 Å². The number of benzene rings is 1. The second-order valence-corrected chi connectivity index (χ2v) is 7.05. The third-order valence-corrected chi connectivity index (χ3v) is 5.32. The predicted octanol–water partition coefficient (Wildman–Crippen LogP) is 3.73. The first-order chi connectivity index (χ1) is 9.22. The molecule has 2 nitrogen and oxygen atoms in total. The molecule has 2 fully saturated rings. The van der Waals surface area contributed by atoms with Crippen molar-refractivity contribution in [2.24, 2.45) is 0 Å². The molecule has 0 saturated carbocycles. The molecule has 0 aromatic heterocycles. The zero-order valence-corrected chi connectivity index (χ0v) is 12.2. The predicted molar refractivity (Wildman–Crippen MR) is 81.8 cm³/mol. The average molecular weight is 280 g/mol. The van der Waals surface area contributed by atoms with Crippen LogP contribution in [0.4, 0.5) is 15.8 Å². The summed E-state index contributed by atoms with van der Waals surface area (Å²) in [6.07, 6.45) is 3.52. The Kier molecular flexibility index (Phi) is 3.87. The summed E-state index contributed by atoms with van der Waals surface area (Å²) in [5.74, 6) is 1.03. The standard InChI is InChI=1S/C15H21FN2S/c1-11-8-13(10-19-11)17-12-4-5-15(14(16)9-12)18-6-2-3-7-18/h4-5,9,11,13,17H,2-3,6-8,10H2,1H3. The summed E-state index contributed by atoms with van der Waals surface area (Å²) in [4.78, 5) is 2.15. The van der Waals surface area contributed by atoms with Gasteiger partial charge in [-0.1, -0.05) is 6.92 Å².